The van der Waals surface area contributed by atoms with Gasteiger partial charge in [-0.3, -0.25) is 4.79 Å². The van der Waals surface area contributed by atoms with Gasteiger partial charge in [-0.1, -0.05) is 6.07 Å². The van der Waals surface area contributed by atoms with Crippen molar-refractivity contribution >= 4 is 39.6 Å². The van der Waals surface area contributed by atoms with E-state index in [-0.39, 0.29) is 11.7 Å². The number of aromatic nitrogens is 1. The second-order valence-corrected chi connectivity index (χ2v) is 9.32. The van der Waals surface area contributed by atoms with Gasteiger partial charge in [0.15, 0.2) is 5.11 Å². The molecule has 0 amide bonds. The van der Waals surface area contributed by atoms with Crippen LogP contribution in [0.5, 0.6) is 0 Å². The number of thiophene rings is 1. The number of ether oxygens (including phenoxy) is 1. The van der Waals surface area contributed by atoms with Gasteiger partial charge in [0.1, 0.15) is 0 Å². The molecular weight excluding hydrogens is 414 g/mol. The van der Waals surface area contributed by atoms with Crippen molar-refractivity contribution in [3.8, 4) is 0 Å². The number of thiocarbonyl (C=S) groups is 1. The predicted octanol–water partition coefficient (Wildman–Crippen LogP) is 4.26. The fourth-order valence-corrected chi connectivity index (χ4v) is 4.69. The van der Waals surface area contributed by atoms with Crippen molar-refractivity contribution in [1.29, 1.82) is 0 Å². The molecule has 0 saturated carbocycles. The maximum atomic E-state index is 12.8. The smallest absolute Gasteiger partial charge is 0.253 e. The predicted molar refractivity (Wildman–Crippen MR) is 127 cm³/mol. The van der Waals surface area contributed by atoms with E-state index in [0.717, 1.165) is 30.4 Å². The molecular formula is C23H27N3O2S2. The van der Waals surface area contributed by atoms with Crippen LogP contribution < -0.4 is 10.9 Å². The van der Waals surface area contributed by atoms with Crippen LogP contribution in [-0.4, -0.2) is 34.3 Å². The van der Waals surface area contributed by atoms with Gasteiger partial charge in [0.2, 0.25) is 0 Å². The fourth-order valence-electron chi connectivity index (χ4n) is 3.75. The summed E-state index contributed by atoms with van der Waals surface area (Å²) in [5.74, 6) is 0. The van der Waals surface area contributed by atoms with Gasteiger partial charge in [0.25, 0.3) is 5.56 Å². The van der Waals surface area contributed by atoms with E-state index in [0.29, 0.717) is 30.3 Å². The zero-order chi connectivity index (χ0) is 21.1. The average Bonchev–Trinajstić information content (AvgIpc) is 3.42. The zero-order valence-corrected chi connectivity index (χ0v) is 19.0. The summed E-state index contributed by atoms with van der Waals surface area (Å²) in [6, 6.07) is 10.3. The molecule has 5 nitrogen and oxygen atoms in total. The Bertz CT molecular complexity index is 1090. The van der Waals surface area contributed by atoms with E-state index < -0.39 is 0 Å². The Morgan fingerprint density at radius 3 is 2.87 bits per heavy atom. The van der Waals surface area contributed by atoms with E-state index in [1.807, 2.05) is 18.2 Å². The molecule has 4 rings (SSSR count). The highest BCUT2D eigenvalue weighted by atomic mass is 32.1. The van der Waals surface area contributed by atoms with Crippen molar-refractivity contribution in [1.82, 2.24) is 15.2 Å². The normalized spacial score (nSPS) is 16.1. The molecule has 3 aromatic rings. The van der Waals surface area contributed by atoms with Crippen LogP contribution in [0.15, 0.2) is 40.5 Å². The van der Waals surface area contributed by atoms with Crippen LogP contribution in [0.2, 0.25) is 0 Å². The molecule has 2 N–H and O–H groups in total. The molecule has 0 radical (unpaired) electrons. The van der Waals surface area contributed by atoms with Crippen LogP contribution >= 0.6 is 23.6 Å². The van der Waals surface area contributed by atoms with Crippen LogP contribution in [0.1, 0.15) is 34.4 Å². The van der Waals surface area contributed by atoms with Gasteiger partial charge in [0, 0.05) is 29.1 Å². The lowest BCUT2D eigenvalue weighted by Gasteiger charge is -2.26. The number of aryl methyl sites for hydroxylation is 2. The third kappa shape index (κ3) is 4.91. The van der Waals surface area contributed by atoms with E-state index in [2.05, 4.69) is 46.6 Å². The fraction of sp³-hybridized carbons (Fsp3) is 0.391. The highest BCUT2D eigenvalue weighted by molar-refractivity contribution is 7.80. The summed E-state index contributed by atoms with van der Waals surface area (Å²) in [7, 11) is 0. The molecule has 0 spiro atoms. The zero-order valence-electron chi connectivity index (χ0n) is 17.4. The van der Waals surface area contributed by atoms with Crippen molar-refractivity contribution in [2.75, 3.05) is 13.2 Å². The SMILES string of the molecule is Cc1cc2cc(CN(Cc3cccs3)C(=S)NC[C@H]3CCCO3)c(=O)[nH]c2cc1C. The van der Waals surface area contributed by atoms with Gasteiger partial charge in [0.05, 0.1) is 19.2 Å². The summed E-state index contributed by atoms with van der Waals surface area (Å²) >= 11 is 7.40. The first-order chi connectivity index (χ1) is 14.5. The molecule has 0 bridgehead atoms. The number of rotatable bonds is 6. The van der Waals surface area contributed by atoms with E-state index in [1.165, 1.54) is 16.0 Å². The number of nitrogens with one attached hydrogen (secondary N) is 2. The maximum Gasteiger partial charge on any atom is 0.253 e. The van der Waals surface area contributed by atoms with Gasteiger partial charge >= 0.3 is 0 Å². The number of hydrogen-bond donors (Lipinski definition) is 2. The molecule has 1 aliphatic rings. The number of H-pyrrole nitrogens is 1. The van der Waals surface area contributed by atoms with Crippen LogP contribution in [0.25, 0.3) is 10.9 Å². The number of fused-ring (bicyclic) bond motifs is 1. The van der Waals surface area contributed by atoms with E-state index in [4.69, 9.17) is 17.0 Å². The molecule has 158 valence electrons. The number of hydrogen-bond acceptors (Lipinski definition) is 4. The van der Waals surface area contributed by atoms with Crippen LogP contribution in [0.3, 0.4) is 0 Å². The summed E-state index contributed by atoms with van der Waals surface area (Å²) < 4.78 is 5.70. The minimum Gasteiger partial charge on any atom is -0.376 e. The lowest BCUT2D eigenvalue weighted by molar-refractivity contribution is 0.113. The van der Waals surface area contributed by atoms with Gasteiger partial charge in [-0.2, -0.15) is 0 Å². The highest BCUT2D eigenvalue weighted by Crippen LogP contribution is 2.19. The summed E-state index contributed by atoms with van der Waals surface area (Å²) in [5, 5.41) is 7.11. The maximum absolute atomic E-state index is 12.8. The Kier molecular flexibility index (Phi) is 6.51. The van der Waals surface area contributed by atoms with Crippen molar-refractivity contribution in [3.05, 3.63) is 67.6 Å². The second kappa shape index (κ2) is 9.29. The molecule has 0 unspecified atom stereocenters. The Balaban J connectivity index is 1.57. The molecule has 0 aliphatic carbocycles. The highest BCUT2D eigenvalue weighted by Gasteiger charge is 2.19. The lowest BCUT2D eigenvalue weighted by Crippen LogP contribution is -2.42. The van der Waals surface area contributed by atoms with Gasteiger partial charge in [-0.05, 0) is 85.1 Å². The second-order valence-electron chi connectivity index (χ2n) is 7.90. The average molecular weight is 442 g/mol. The monoisotopic (exact) mass is 441 g/mol. The third-order valence-electron chi connectivity index (χ3n) is 5.62. The summed E-state index contributed by atoms with van der Waals surface area (Å²) in [5.41, 5.74) is 3.90. The summed E-state index contributed by atoms with van der Waals surface area (Å²) in [6.07, 6.45) is 2.37. The number of benzene rings is 1. The lowest BCUT2D eigenvalue weighted by atomic mass is 10.0. The van der Waals surface area contributed by atoms with Crippen LogP contribution in [0, 0.1) is 13.8 Å². The third-order valence-corrected chi connectivity index (χ3v) is 6.88. The standard InChI is InChI=1S/C23H27N3O2S2/c1-15-9-17-11-18(22(27)25-21(17)10-16(15)2)13-26(14-20-6-4-8-30-20)23(29)24-12-19-5-3-7-28-19/h4,6,8-11,19H,3,5,7,12-14H2,1-2H3,(H,24,29)(H,25,27)/t19-/m1/s1. The van der Waals surface area contributed by atoms with Gasteiger partial charge in [-0.15, -0.1) is 11.3 Å². The topological polar surface area (TPSA) is 57.4 Å². The molecule has 1 aromatic carbocycles. The van der Waals surface area contributed by atoms with E-state index in [1.54, 1.807) is 11.3 Å². The Hall–Kier alpha value is -2.22. The molecule has 1 fully saturated rings. The molecule has 7 heteroatoms. The quantitative estimate of drug-likeness (QED) is 0.560. The number of aromatic amines is 1. The molecule has 1 atom stereocenters. The number of nitrogens with zero attached hydrogens (tertiary/aromatic N) is 1. The van der Waals surface area contributed by atoms with E-state index in [9.17, 15) is 4.79 Å². The minimum atomic E-state index is -0.0659. The first-order valence-corrected chi connectivity index (χ1v) is 11.6. The summed E-state index contributed by atoms with van der Waals surface area (Å²) in [4.78, 5) is 19.1. The Morgan fingerprint density at radius 1 is 1.30 bits per heavy atom. The molecule has 1 aliphatic heterocycles. The largest absolute Gasteiger partial charge is 0.376 e. The van der Waals surface area contributed by atoms with Crippen LogP contribution in [-0.2, 0) is 17.8 Å². The first-order valence-electron chi connectivity index (χ1n) is 10.3. The molecule has 30 heavy (non-hydrogen) atoms. The van der Waals surface area contributed by atoms with Gasteiger partial charge in [-0.25, -0.2) is 0 Å². The van der Waals surface area contributed by atoms with Crippen LogP contribution in [0.4, 0.5) is 0 Å². The van der Waals surface area contributed by atoms with Crippen molar-refractivity contribution in [3.63, 3.8) is 0 Å². The first kappa shape index (κ1) is 21.0. The van der Waals surface area contributed by atoms with Crippen molar-refractivity contribution in [2.24, 2.45) is 0 Å². The number of pyridine rings is 1. The molecule has 1 saturated heterocycles. The van der Waals surface area contributed by atoms with Crippen molar-refractivity contribution in [2.45, 2.75) is 45.9 Å². The Labute approximate surface area is 186 Å². The molecule has 2 aromatic heterocycles. The van der Waals surface area contributed by atoms with Gasteiger partial charge < -0.3 is 19.9 Å². The molecule has 3 heterocycles. The Morgan fingerprint density at radius 2 is 2.13 bits per heavy atom. The summed E-state index contributed by atoms with van der Waals surface area (Å²) in [6.45, 7) is 6.79. The van der Waals surface area contributed by atoms with E-state index >= 15 is 0 Å². The van der Waals surface area contributed by atoms with Crippen molar-refractivity contribution < 1.29 is 4.74 Å². The minimum absolute atomic E-state index is 0.0659.